The van der Waals surface area contributed by atoms with Gasteiger partial charge in [0.15, 0.2) is 0 Å². The van der Waals surface area contributed by atoms with Crippen molar-refractivity contribution in [3.8, 4) is 0 Å². The summed E-state index contributed by atoms with van der Waals surface area (Å²) < 4.78 is 0. The fraction of sp³-hybridized carbons (Fsp3) is 0.800. The summed E-state index contributed by atoms with van der Waals surface area (Å²) in [5.41, 5.74) is 0. The lowest BCUT2D eigenvalue weighted by molar-refractivity contribution is 0.0991. The summed E-state index contributed by atoms with van der Waals surface area (Å²) >= 11 is 0. The average Bonchev–Trinajstić information content (AvgIpc) is 2.11. The predicted molar refractivity (Wildman–Crippen MR) is 54.7 cm³/mol. The van der Waals surface area contributed by atoms with E-state index in [1.807, 2.05) is 6.08 Å². The molecular formula is C10H20N2O. The van der Waals surface area contributed by atoms with Crippen molar-refractivity contribution >= 4 is 0 Å². The lowest BCUT2D eigenvalue weighted by atomic mass is 10.1. The Morgan fingerprint density at radius 1 is 1.62 bits per heavy atom. The minimum absolute atomic E-state index is 0.271. The van der Waals surface area contributed by atoms with Crippen molar-refractivity contribution in [3.63, 3.8) is 0 Å². The van der Waals surface area contributed by atoms with Gasteiger partial charge in [-0.2, -0.15) is 0 Å². The first-order chi connectivity index (χ1) is 6.29. The lowest BCUT2D eigenvalue weighted by Gasteiger charge is -2.40. The maximum Gasteiger partial charge on any atom is 0.0446 e. The third-order valence-electron chi connectivity index (χ3n) is 2.66. The highest BCUT2D eigenvalue weighted by Gasteiger charge is 2.25. The third kappa shape index (κ3) is 2.79. The molecule has 1 aliphatic rings. The fourth-order valence-corrected chi connectivity index (χ4v) is 1.95. The third-order valence-corrected chi connectivity index (χ3v) is 2.66. The Kier molecular flexibility index (Phi) is 4.42. The Bertz CT molecular complexity index is 159. The number of aliphatic hydroxyl groups excluding tert-OH is 1. The van der Waals surface area contributed by atoms with Crippen LogP contribution in [0.15, 0.2) is 12.7 Å². The molecule has 1 aliphatic heterocycles. The molecule has 13 heavy (non-hydrogen) atoms. The Morgan fingerprint density at radius 2 is 2.38 bits per heavy atom. The summed E-state index contributed by atoms with van der Waals surface area (Å²) in [5, 5.41) is 12.3. The van der Waals surface area contributed by atoms with Gasteiger partial charge in [-0.05, 0) is 13.3 Å². The van der Waals surface area contributed by atoms with Gasteiger partial charge in [-0.25, -0.2) is 0 Å². The number of rotatable bonds is 4. The number of nitrogens with zero attached hydrogens (tertiary/aromatic N) is 1. The molecule has 0 aromatic carbocycles. The van der Waals surface area contributed by atoms with Gasteiger partial charge >= 0.3 is 0 Å². The van der Waals surface area contributed by atoms with Crippen molar-refractivity contribution in [1.29, 1.82) is 0 Å². The molecule has 2 unspecified atom stereocenters. The standard InChI is InChI=1S/C10H20N2O/c1-3-5-12-9(2)7-11-8-10(12)4-6-13/h3,9-11,13H,1,4-8H2,2H3. The molecule has 0 aromatic rings. The summed E-state index contributed by atoms with van der Waals surface area (Å²) in [7, 11) is 0. The highest BCUT2D eigenvalue weighted by atomic mass is 16.3. The first kappa shape index (κ1) is 10.7. The van der Waals surface area contributed by atoms with Crippen LogP contribution >= 0.6 is 0 Å². The summed E-state index contributed by atoms with van der Waals surface area (Å²) in [5.74, 6) is 0. The Morgan fingerprint density at radius 3 is 3.00 bits per heavy atom. The van der Waals surface area contributed by atoms with Gasteiger partial charge in [0.25, 0.3) is 0 Å². The van der Waals surface area contributed by atoms with E-state index in [-0.39, 0.29) is 6.61 Å². The Balaban J connectivity index is 2.50. The van der Waals surface area contributed by atoms with Crippen LogP contribution in [-0.4, -0.2) is 48.3 Å². The number of hydrogen-bond acceptors (Lipinski definition) is 3. The molecule has 0 radical (unpaired) electrons. The molecule has 1 heterocycles. The quantitative estimate of drug-likeness (QED) is 0.613. The number of aliphatic hydroxyl groups is 1. The second kappa shape index (κ2) is 5.37. The van der Waals surface area contributed by atoms with Crippen molar-refractivity contribution in [2.75, 3.05) is 26.2 Å². The van der Waals surface area contributed by atoms with Gasteiger partial charge < -0.3 is 10.4 Å². The van der Waals surface area contributed by atoms with Crippen LogP contribution in [0, 0.1) is 0 Å². The SMILES string of the molecule is C=CCN1C(C)CNCC1CCO. The van der Waals surface area contributed by atoms with E-state index in [9.17, 15) is 0 Å². The molecule has 3 nitrogen and oxygen atoms in total. The Hall–Kier alpha value is -0.380. The van der Waals surface area contributed by atoms with Crippen LogP contribution in [-0.2, 0) is 0 Å². The smallest absolute Gasteiger partial charge is 0.0446 e. The van der Waals surface area contributed by atoms with Crippen LogP contribution in [0.25, 0.3) is 0 Å². The molecule has 0 spiro atoms. The van der Waals surface area contributed by atoms with Crippen LogP contribution in [0.1, 0.15) is 13.3 Å². The topological polar surface area (TPSA) is 35.5 Å². The molecule has 3 heteroatoms. The van der Waals surface area contributed by atoms with E-state index < -0.39 is 0 Å². The summed E-state index contributed by atoms with van der Waals surface area (Å²) in [6.07, 6.45) is 2.79. The second-order valence-electron chi connectivity index (χ2n) is 3.66. The molecule has 0 saturated carbocycles. The van der Waals surface area contributed by atoms with E-state index >= 15 is 0 Å². The van der Waals surface area contributed by atoms with Gasteiger partial charge in [0.2, 0.25) is 0 Å². The molecule has 76 valence electrons. The Labute approximate surface area is 80.4 Å². The number of hydrogen-bond donors (Lipinski definition) is 2. The van der Waals surface area contributed by atoms with Crippen molar-refractivity contribution in [2.45, 2.75) is 25.4 Å². The van der Waals surface area contributed by atoms with E-state index in [1.54, 1.807) is 0 Å². The monoisotopic (exact) mass is 184 g/mol. The summed E-state index contributed by atoms with van der Waals surface area (Å²) in [6.45, 7) is 9.18. The van der Waals surface area contributed by atoms with Crippen LogP contribution in [0.2, 0.25) is 0 Å². The van der Waals surface area contributed by atoms with Gasteiger partial charge in [-0.15, -0.1) is 6.58 Å². The molecule has 0 aromatic heterocycles. The van der Waals surface area contributed by atoms with Crippen molar-refractivity contribution in [2.24, 2.45) is 0 Å². The van der Waals surface area contributed by atoms with E-state index in [0.717, 1.165) is 26.1 Å². The van der Waals surface area contributed by atoms with E-state index in [2.05, 4.69) is 23.7 Å². The van der Waals surface area contributed by atoms with E-state index in [4.69, 9.17) is 5.11 Å². The first-order valence-electron chi connectivity index (χ1n) is 4.97. The molecule has 1 fully saturated rings. The first-order valence-corrected chi connectivity index (χ1v) is 4.97. The molecule has 1 rings (SSSR count). The molecule has 1 saturated heterocycles. The van der Waals surface area contributed by atoms with Gasteiger partial charge in [0.1, 0.15) is 0 Å². The van der Waals surface area contributed by atoms with Crippen LogP contribution in [0.4, 0.5) is 0 Å². The molecule has 0 amide bonds. The van der Waals surface area contributed by atoms with E-state index in [0.29, 0.717) is 12.1 Å². The van der Waals surface area contributed by atoms with Crippen molar-refractivity contribution in [3.05, 3.63) is 12.7 Å². The summed E-state index contributed by atoms with van der Waals surface area (Å²) in [6, 6.07) is 1.01. The van der Waals surface area contributed by atoms with Crippen LogP contribution < -0.4 is 5.32 Å². The van der Waals surface area contributed by atoms with Crippen molar-refractivity contribution < 1.29 is 5.11 Å². The predicted octanol–water partition coefficient (Wildman–Crippen LogP) is 0.217. The van der Waals surface area contributed by atoms with Gasteiger partial charge in [-0.3, -0.25) is 4.90 Å². The maximum absolute atomic E-state index is 8.91. The van der Waals surface area contributed by atoms with E-state index in [1.165, 1.54) is 0 Å². The second-order valence-corrected chi connectivity index (χ2v) is 3.66. The van der Waals surface area contributed by atoms with Crippen LogP contribution in [0.3, 0.4) is 0 Å². The highest BCUT2D eigenvalue weighted by molar-refractivity contribution is 4.88. The average molecular weight is 184 g/mol. The minimum Gasteiger partial charge on any atom is -0.396 e. The lowest BCUT2D eigenvalue weighted by Crippen LogP contribution is -2.56. The molecule has 0 aliphatic carbocycles. The molecule has 2 N–H and O–H groups in total. The number of nitrogens with one attached hydrogen (secondary N) is 1. The summed E-state index contributed by atoms with van der Waals surface area (Å²) in [4.78, 5) is 2.40. The van der Waals surface area contributed by atoms with Gasteiger partial charge in [-0.1, -0.05) is 6.08 Å². The molecule has 0 bridgehead atoms. The zero-order valence-electron chi connectivity index (χ0n) is 8.37. The minimum atomic E-state index is 0.271. The highest BCUT2D eigenvalue weighted by Crippen LogP contribution is 2.12. The van der Waals surface area contributed by atoms with Crippen molar-refractivity contribution in [1.82, 2.24) is 10.2 Å². The van der Waals surface area contributed by atoms with Crippen LogP contribution in [0.5, 0.6) is 0 Å². The number of piperazine rings is 1. The normalized spacial score (nSPS) is 30.3. The molecular weight excluding hydrogens is 164 g/mol. The largest absolute Gasteiger partial charge is 0.396 e. The maximum atomic E-state index is 8.91. The zero-order chi connectivity index (χ0) is 9.68. The van der Waals surface area contributed by atoms with Gasteiger partial charge in [0.05, 0.1) is 0 Å². The fourth-order valence-electron chi connectivity index (χ4n) is 1.95. The zero-order valence-corrected chi connectivity index (χ0v) is 8.37. The van der Waals surface area contributed by atoms with Gasteiger partial charge in [0, 0.05) is 38.3 Å². The molecule has 2 atom stereocenters.